The van der Waals surface area contributed by atoms with Gasteiger partial charge in [-0.25, -0.2) is 9.48 Å². The van der Waals surface area contributed by atoms with Crippen molar-refractivity contribution in [1.29, 1.82) is 0 Å². The number of rotatable bonds is 3. The maximum Gasteiger partial charge on any atom is 0.358 e. The molecule has 5 nitrogen and oxygen atoms in total. The van der Waals surface area contributed by atoms with Crippen LogP contribution in [0.5, 0.6) is 0 Å². The number of benzene rings is 1. The molecule has 0 unspecified atom stereocenters. The zero-order valence-electron chi connectivity index (χ0n) is 10.8. The summed E-state index contributed by atoms with van der Waals surface area (Å²) in [5, 5.41) is 17.6. The fraction of sp³-hybridized carbons (Fsp3) is 0.154. The highest BCUT2D eigenvalue weighted by atomic mass is 35.5. The average Bonchev–Trinajstić information content (AvgIpc) is 2.72. The lowest BCUT2D eigenvalue weighted by Crippen LogP contribution is -2.04. The van der Waals surface area contributed by atoms with Crippen molar-refractivity contribution in [2.75, 3.05) is 0 Å². The van der Waals surface area contributed by atoms with E-state index < -0.39 is 5.97 Å². The van der Waals surface area contributed by atoms with Crippen molar-refractivity contribution in [3.05, 3.63) is 45.2 Å². The molecule has 1 aromatic carbocycles. The summed E-state index contributed by atoms with van der Waals surface area (Å²) in [5.41, 5.74) is 1.67. The zero-order chi connectivity index (χ0) is 14.9. The van der Waals surface area contributed by atoms with Gasteiger partial charge in [0.2, 0.25) is 0 Å². The highest BCUT2D eigenvalue weighted by molar-refractivity contribution is 6.35. The number of carboxylic acids is 1. The molecule has 20 heavy (non-hydrogen) atoms. The minimum Gasteiger partial charge on any atom is -0.476 e. The highest BCUT2D eigenvalue weighted by Gasteiger charge is 2.19. The van der Waals surface area contributed by atoms with Gasteiger partial charge in [-0.3, -0.25) is 0 Å². The van der Waals surface area contributed by atoms with Crippen molar-refractivity contribution < 1.29 is 9.90 Å². The molecule has 0 aliphatic rings. The van der Waals surface area contributed by atoms with Crippen LogP contribution in [0.25, 0.3) is 11.8 Å². The van der Waals surface area contributed by atoms with Gasteiger partial charge in [0, 0.05) is 5.02 Å². The molecular weight excluding hydrogens is 301 g/mol. The maximum absolute atomic E-state index is 11.2. The van der Waals surface area contributed by atoms with Crippen LogP contribution in [0.15, 0.2) is 23.8 Å². The summed E-state index contributed by atoms with van der Waals surface area (Å²) in [4.78, 5) is 11.2. The SMILES string of the molecule is CC(C)=Cc1c(C(=O)O)nnn1-c1ccc(Cl)cc1Cl. The van der Waals surface area contributed by atoms with Crippen LogP contribution in [0.2, 0.25) is 10.0 Å². The van der Waals surface area contributed by atoms with Gasteiger partial charge in [0.1, 0.15) is 5.69 Å². The van der Waals surface area contributed by atoms with Gasteiger partial charge in [-0.15, -0.1) is 5.10 Å². The summed E-state index contributed by atoms with van der Waals surface area (Å²) in [6.45, 7) is 3.71. The Kier molecular flexibility index (Phi) is 4.11. The smallest absolute Gasteiger partial charge is 0.358 e. The topological polar surface area (TPSA) is 68.0 Å². The second-order valence-electron chi connectivity index (χ2n) is 4.36. The lowest BCUT2D eigenvalue weighted by molar-refractivity contribution is 0.0690. The van der Waals surface area contributed by atoms with E-state index in [4.69, 9.17) is 28.3 Å². The number of hydrogen-bond acceptors (Lipinski definition) is 3. The molecule has 0 bridgehead atoms. The molecule has 1 aromatic heterocycles. The van der Waals surface area contributed by atoms with Crippen molar-refractivity contribution in [1.82, 2.24) is 15.0 Å². The Morgan fingerprint density at radius 1 is 1.35 bits per heavy atom. The molecule has 1 N–H and O–H groups in total. The van der Waals surface area contributed by atoms with Gasteiger partial charge in [-0.2, -0.15) is 0 Å². The summed E-state index contributed by atoms with van der Waals surface area (Å²) in [5.74, 6) is -1.14. The van der Waals surface area contributed by atoms with E-state index in [1.807, 2.05) is 13.8 Å². The van der Waals surface area contributed by atoms with Gasteiger partial charge in [-0.1, -0.05) is 34.0 Å². The van der Waals surface area contributed by atoms with Gasteiger partial charge >= 0.3 is 5.97 Å². The first-order valence-electron chi connectivity index (χ1n) is 5.69. The van der Waals surface area contributed by atoms with Crippen LogP contribution >= 0.6 is 23.2 Å². The highest BCUT2D eigenvalue weighted by Crippen LogP contribution is 2.26. The first-order valence-corrected chi connectivity index (χ1v) is 6.45. The normalized spacial score (nSPS) is 10.4. The number of hydrogen-bond donors (Lipinski definition) is 1. The van der Waals surface area contributed by atoms with Crippen LogP contribution < -0.4 is 0 Å². The van der Waals surface area contributed by atoms with Crippen LogP contribution in [0.3, 0.4) is 0 Å². The van der Waals surface area contributed by atoms with E-state index in [9.17, 15) is 4.79 Å². The van der Waals surface area contributed by atoms with Crippen molar-refractivity contribution in [2.45, 2.75) is 13.8 Å². The molecule has 0 amide bonds. The molecule has 0 saturated carbocycles. The summed E-state index contributed by atoms with van der Waals surface area (Å²) in [6.07, 6.45) is 1.69. The Bertz CT molecular complexity index is 704. The van der Waals surface area contributed by atoms with E-state index in [0.29, 0.717) is 21.4 Å². The van der Waals surface area contributed by atoms with E-state index >= 15 is 0 Å². The second kappa shape index (κ2) is 5.64. The predicted octanol–water partition coefficient (Wildman–Crippen LogP) is 3.70. The van der Waals surface area contributed by atoms with Crippen LogP contribution in [-0.4, -0.2) is 26.1 Å². The molecule has 0 aliphatic carbocycles. The number of allylic oxidation sites excluding steroid dienone is 1. The first kappa shape index (κ1) is 14.6. The quantitative estimate of drug-likeness (QED) is 0.938. The van der Waals surface area contributed by atoms with Gasteiger partial charge < -0.3 is 5.11 Å². The van der Waals surface area contributed by atoms with Crippen LogP contribution in [0, 0.1) is 0 Å². The van der Waals surface area contributed by atoms with Gasteiger partial charge in [-0.05, 0) is 38.1 Å². The Labute approximate surface area is 125 Å². The van der Waals surface area contributed by atoms with E-state index in [1.165, 1.54) is 4.68 Å². The Morgan fingerprint density at radius 2 is 2.05 bits per heavy atom. The number of carboxylic acid groups (broad SMARTS) is 1. The molecular formula is C13H11Cl2N3O2. The van der Waals surface area contributed by atoms with Crippen molar-refractivity contribution in [2.24, 2.45) is 0 Å². The molecule has 2 rings (SSSR count). The lowest BCUT2D eigenvalue weighted by atomic mass is 10.2. The van der Waals surface area contributed by atoms with Gasteiger partial charge in [0.25, 0.3) is 0 Å². The fourth-order valence-corrected chi connectivity index (χ4v) is 2.16. The summed E-state index contributed by atoms with van der Waals surface area (Å²) in [7, 11) is 0. The molecule has 0 atom stereocenters. The van der Waals surface area contributed by atoms with E-state index in [2.05, 4.69) is 10.3 Å². The minimum atomic E-state index is -1.14. The Balaban J connectivity index is 2.68. The third-order valence-corrected chi connectivity index (χ3v) is 3.01. The van der Waals surface area contributed by atoms with Crippen molar-refractivity contribution >= 4 is 35.2 Å². The summed E-state index contributed by atoms with van der Waals surface area (Å²) >= 11 is 12.0. The molecule has 0 saturated heterocycles. The monoisotopic (exact) mass is 311 g/mol. The summed E-state index contributed by atoms with van der Waals surface area (Å²) in [6, 6.07) is 4.87. The molecule has 1 heterocycles. The number of halogens is 2. The van der Waals surface area contributed by atoms with Crippen LogP contribution in [-0.2, 0) is 0 Å². The standard InChI is InChI=1S/C13H11Cl2N3O2/c1-7(2)5-11-12(13(19)20)16-17-18(11)10-4-3-8(14)6-9(10)15/h3-6H,1-2H3,(H,19,20). The van der Waals surface area contributed by atoms with Crippen LogP contribution in [0.1, 0.15) is 30.0 Å². The molecule has 0 radical (unpaired) electrons. The minimum absolute atomic E-state index is 0.128. The third kappa shape index (κ3) is 2.84. The maximum atomic E-state index is 11.2. The second-order valence-corrected chi connectivity index (χ2v) is 5.20. The molecule has 0 aliphatic heterocycles. The fourth-order valence-electron chi connectivity index (χ4n) is 1.68. The van der Waals surface area contributed by atoms with Crippen molar-refractivity contribution in [3.63, 3.8) is 0 Å². The average molecular weight is 312 g/mol. The van der Waals surface area contributed by atoms with Crippen molar-refractivity contribution in [3.8, 4) is 5.69 Å². The largest absolute Gasteiger partial charge is 0.476 e. The third-order valence-electron chi connectivity index (χ3n) is 2.47. The van der Waals surface area contributed by atoms with Gasteiger partial charge in [0.15, 0.2) is 5.69 Å². The zero-order valence-corrected chi connectivity index (χ0v) is 12.3. The van der Waals surface area contributed by atoms with E-state index in [-0.39, 0.29) is 5.69 Å². The van der Waals surface area contributed by atoms with Gasteiger partial charge in [0.05, 0.1) is 10.7 Å². The molecule has 0 fully saturated rings. The van der Waals surface area contributed by atoms with E-state index in [0.717, 1.165) is 5.57 Å². The Hall–Kier alpha value is -1.85. The van der Waals surface area contributed by atoms with Crippen LogP contribution in [0.4, 0.5) is 0 Å². The number of aromatic nitrogens is 3. The predicted molar refractivity (Wildman–Crippen MR) is 77.7 cm³/mol. The molecule has 104 valence electrons. The Morgan fingerprint density at radius 3 is 2.60 bits per heavy atom. The number of carbonyl (C=O) groups is 1. The van der Waals surface area contributed by atoms with E-state index in [1.54, 1.807) is 24.3 Å². The number of aromatic carboxylic acids is 1. The molecule has 2 aromatic rings. The lowest BCUT2D eigenvalue weighted by Gasteiger charge is -2.07. The summed E-state index contributed by atoms with van der Waals surface area (Å²) < 4.78 is 1.38. The molecule has 7 heteroatoms. The number of nitrogens with zero attached hydrogens (tertiary/aromatic N) is 3. The first-order chi connectivity index (χ1) is 9.40. The molecule has 0 spiro atoms.